The molecule has 2 aliphatic rings. The number of alkyl halides is 3. The number of hydrogen-bond donors (Lipinski definition) is 2. The minimum atomic E-state index is -4.49. The molecule has 3 N–H and O–H groups in total. The summed E-state index contributed by atoms with van der Waals surface area (Å²) in [4.78, 5) is 24.9. The molecular weight excluding hydrogens is 343 g/mol. The van der Waals surface area contributed by atoms with Crippen molar-refractivity contribution >= 4 is 34.7 Å². The van der Waals surface area contributed by atoms with Gasteiger partial charge in [-0.3, -0.25) is 14.9 Å². The first-order valence-electron chi connectivity index (χ1n) is 7.20. The molecule has 2 saturated heterocycles. The highest BCUT2D eigenvalue weighted by Crippen LogP contribution is 2.36. The summed E-state index contributed by atoms with van der Waals surface area (Å²) in [6.45, 7) is 1.15. The molecule has 0 saturated carbocycles. The van der Waals surface area contributed by atoms with Gasteiger partial charge in [0.15, 0.2) is 0 Å². The lowest BCUT2D eigenvalue weighted by Gasteiger charge is -2.22. The number of nitrogens with two attached hydrogens (primary N) is 1. The van der Waals surface area contributed by atoms with Gasteiger partial charge < -0.3 is 10.6 Å². The maximum absolute atomic E-state index is 13.0. The molecule has 1 unspecified atom stereocenters. The molecule has 0 bridgehead atoms. The standard InChI is InChI=1S/C15H14F3N3O2S/c16-15(17,18)9-1-2-11(21-4-3-10(19)7-21)8(5-9)6-12-13(22)20-14(23)24-12/h1-2,5-6,10H,3-4,7,19H2,(H,20,22,23). The predicted molar refractivity (Wildman–Crippen MR) is 85.4 cm³/mol. The highest BCUT2D eigenvalue weighted by Gasteiger charge is 2.32. The smallest absolute Gasteiger partial charge is 0.369 e. The molecule has 3 rings (SSSR count). The number of amides is 2. The average molecular weight is 357 g/mol. The minimum absolute atomic E-state index is 0.0430. The first-order chi connectivity index (χ1) is 11.2. The largest absolute Gasteiger partial charge is 0.416 e. The van der Waals surface area contributed by atoms with Crippen LogP contribution in [-0.4, -0.2) is 30.3 Å². The molecule has 128 valence electrons. The summed E-state index contributed by atoms with van der Waals surface area (Å²) in [5.41, 5.74) is 5.86. The van der Waals surface area contributed by atoms with Gasteiger partial charge >= 0.3 is 6.18 Å². The molecule has 1 aromatic carbocycles. The Bertz CT molecular complexity index is 733. The van der Waals surface area contributed by atoms with Crippen LogP contribution in [0.5, 0.6) is 0 Å². The van der Waals surface area contributed by atoms with Crippen molar-refractivity contribution in [2.24, 2.45) is 5.73 Å². The number of nitrogens with zero attached hydrogens (tertiary/aromatic N) is 1. The van der Waals surface area contributed by atoms with Crippen molar-refractivity contribution in [3.63, 3.8) is 0 Å². The maximum atomic E-state index is 13.0. The molecule has 0 radical (unpaired) electrons. The fourth-order valence-corrected chi connectivity index (χ4v) is 3.38. The highest BCUT2D eigenvalue weighted by atomic mass is 32.2. The van der Waals surface area contributed by atoms with Crippen LogP contribution < -0.4 is 16.0 Å². The fourth-order valence-electron chi connectivity index (χ4n) is 2.70. The Morgan fingerprint density at radius 1 is 1.33 bits per heavy atom. The molecule has 5 nitrogen and oxygen atoms in total. The molecule has 2 fully saturated rings. The summed E-state index contributed by atoms with van der Waals surface area (Å²) in [6, 6.07) is 3.34. The maximum Gasteiger partial charge on any atom is 0.416 e. The molecular formula is C15H14F3N3O2S. The highest BCUT2D eigenvalue weighted by molar-refractivity contribution is 8.18. The van der Waals surface area contributed by atoms with Crippen LogP contribution in [0.25, 0.3) is 6.08 Å². The third-order valence-corrected chi connectivity index (χ3v) is 4.66. The van der Waals surface area contributed by atoms with E-state index in [2.05, 4.69) is 5.32 Å². The summed E-state index contributed by atoms with van der Waals surface area (Å²) in [6.07, 6.45) is -2.43. The minimum Gasteiger partial charge on any atom is -0.369 e. The van der Waals surface area contributed by atoms with Gasteiger partial charge in [-0.1, -0.05) is 0 Å². The fraction of sp³-hybridized carbons (Fsp3) is 0.333. The van der Waals surface area contributed by atoms with Crippen LogP contribution in [0.15, 0.2) is 23.1 Å². The third kappa shape index (κ3) is 3.41. The number of hydrogen-bond acceptors (Lipinski definition) is 5. The van der Waals surface area contributed by atoms with Crippen LogP contribution in [0.3, 0.4) is 0 Å². The lowest BCUT2D eigenvalue weighted by molar-refractivity contribution is -0.137. The van der Waals surface area contributed by atoms with Crippen molar-refractivity contribution in [3.05, 3.63) is 34.2 Å². The van der Waals surface area contributed by atoms with E-state index in [-0.39, 0.29) is 16.5 Å². The average Bonchev–Trinajstić information content (AvgIpc) is 3.04. The first-order valence-corrected chi connectivity index (χ1v) is 8.02. The monoisotopic (exact) mass is 357 g/mol. The van der Waals surface area contributed by atoms with E-state index >= 15 is 0 Å². The van der Waals surface area contributed by atoms with Gasteiger partial charge in [0.2, 0.25) is 0 Å². The number of rotatable bonds is 2. The lowest BCUT2D eigenvalue weighted by atomic mass is 10.1. The summed E-state index contributed by atoms with van der Waals surface area (Å²) in [5, 5.41) is 1.55. The molecule has 2 heterocycles. The van der Waals surface area contributed by atoms with E-state index in [9.17, 15) is 22.8 Å². The van der Waals surface area contributed by atoms with E-state index < -0.39 is 22.9 Å². The van der Waals surface area contributed by atoms with Gasteiger partial charge in [0.05, 0.1) is 10.5 Å². The van der Waals surface area contributed by atoms with Crippen molar-refractivity contribution in [2.45, 2.75) is 18.6 Å². The van der Waals surface area contributed by atoms with E-state index in [1.165, 1.54) is 12.1 Å². The van der Waals surface area contributed by atoms with Gasteiger partial charge in [-0.05, 0) is 48.0 Å². The number of nitrogens with one attached hydrogen (secondary N) is 1. The zero-order valence-corrected chi connectivity index (χ0v) is 13.2. The molecule has 2 amide bonds. The third-order valence-electron chi connectivity index (χ3n) is 3.85. The summed E-state index contributed by atoms with van der Waals surface area (Å²) in [7, 11) is 0. The Labute approximate surface area is 140 Å². The van der Waals surface area contributed by atoms with Gasteiger partial charge in [-0.2, -0.15) is 13.2 Å². The number of imide groups is 1. The van der Waals surface area contributed by atoms with Crippen LogP contribution in [-0.2, 0) is 11.0 Å². The van der Waals surface area contributed by atoms with E-state index in [0.29, 0.717) is 30.5 Å². The molecule has 1 aromatic rings. The predicted octanol–water partition coefficient (Wildman–Crippen LogP) is 2.57. The van der Waals surface area contributed by atoms with E-state index in [1.807, 2.05) is 4.90 Å². The second kappa shape index (κ2) is 6.14. The Kier molecular flexibility index (Phi) is 4.31. The Balaban J connectivity index is 2.04. The van der Waals surface area contributed by atoms with Gasteiger partial charge in [0.1, 0.15) is 0 Å². The van der Waals surface area contributed by atoms with Gasteiger partial charge in [0, 0.05) is 24.8 Å². The molecule has 2 aliphatic heterocycles. The molecule has 0 spiro atoms. The molecule has 9 heteroatoms. The second-order valence-electron chi connectivity index (χ2n) is 5.62. The van der Waals surface area contributed by atoms with Gasteiger partial charge in [-0.25, -0.2) is 0 Å². The van der Waals surface area contributed by atoms with Crippen LogP contribution >= 0.6 is 11.8 Å². The van der Waals surface area contributed by atoms with Gasteiger partial charge in [0.25, 0.3) is 11.1 Å². The zero-order chi connectivity index (χ0) is 17.5. The number of thioether (sulfide) groups is 1. The normalized spacial score (nSPS) is 23.2. The second-order valence-corrected chi connectivity index (χ2v) is 6.63. The van der Waals surface area contributed by atoms with Crippen LogP contribution in [0.2, 0.25) is 0 Å². The first kappa shape index (κ1) is 16.8. The lowest BCUT2D eigenvalue weighted by Crippen LogP contribution is -2.26. The van der Waals surface area contributed by atoms with Crippen molar-refractivity contribution in [1.29, 1.82) is 0 Å². The van der Waals surface area contributed by atoms with Crippen molar-refractivity contribution in [2.75, 3.05) is 18.0 Å². The topological polar surface area (TPSA) is 75.4 Å². The zero-order valence-electron chi connectivity index (χ0n) is 12.4. The Hall–Kier alpha value is -2.00. The number of carbonyl (C=O) groups excluding carboxylic acids is 2. The van der Waals surface area contributed by atoms with E-state index in [4.69, 9.17) is 5.73 Å². The molecule has 24 heavy (non-hydrogen) atoms. The number of benzene rings is 1. The quantitative estimate of drug-likeness (QED) is 0.796. The van der Waals surface area contributed by atoms with E-state index in [1.54, 1.807) is 0 Å². The number of halogens is 3. The molecule has 0 aromatic heterocycles. The summed E-state index contributed by atoms with van der Waals surface area (Å²) >= 11 is 0.671. The number of carbonyl (C=O) groups is 2. The SMILES string of the molecule is NC1CCN(c2ccc(C(F)(F)F)cc2C=C2SC(=O)NC2=O)C1. The number of anilines is 1. The van der Waals surface area contributed by atoms with Crippen LogP contribution in [0.1, 0.15) is 17.5 Å². The summed E-state index contributed by atoms with van der Waals surface area (Å²) < 4.78 is 39.0. The van der Waals surface area contributed by atoms with E-state index in [0.717, 1.165) is 18.6 Å². The van der Waals surface area contributed by atoms with Crippen molar-refractivity contribution in [3.8, 4) is 0 Å². The van der Waals surface area contributed by atoms with Crippen molar-refractivity contribution in [1.82, 2.24) is 5.32 Å². The molecule has 0 aliphatic carbocycles. The van der Waals surface area contributed by atoms with Crippen LogP contribution in [0, 0.1) is 0 Å². The van der Waals surface area contributed by atoms with Crippen LogP contribution in [0.4, 0.5) is 23.7 Å². The Morgan fingerprint density at radius 3 is 2.62 bits per heavy atom. The Morgan fingerprint density at radius 2 is 2.08 bits per heavy atom. The van der Waals surface area contributed by atoms with Gasteiger partial charge in [-0.15, -0.1) is 0 Å². The summed E-state index contributed by atoms with van der Waals surface area (Å²) in [5.74, 6) is -0.605. The molecule has 1 atom stereocenters. The van der Waals surface area contributed by atoms with Crippen molar-refractivity contribution < 1.29 is 22.8 Å².